The van der Waals surface area contributed by atoms with Crippen LogP contribution in [-0.4, -0.2) is 33.6 Å². The summed E-state index contributed by atoms with van der Waals surface area (Å²) in [6.45, 7) is 2.18. The van der Waals surface area contributed by atoms with E-state index in [9.17, 15) is 0 Å². The topological polar surface area (TPSA) is 42.7 Å². The van der Waals surface area contributed by atoms with E-state index in [-0.39, 0.29) is 0 Å². The predicted molar refractivity (Wildman–Crippen MR) is 132 cm³/mol. The number of rotatable bonds is 11. The third-order valence-electron chi connectivity index (χ3n) is 5.78. The van der Waals surface area contributed by atoms with Gasteiger partial charge in [-0.05, 0) is 79.2 Å². The average Bonchev–Trinajstić information content (AvgIpc) is 3.49. The summed E-state index contributed by atoms with van der Waals surface area (Å²) in [4.78, 5) is 0. The van der Waals surface area contributed by atoms with Crippen molar-refractivity contribution in [3.63, 3.8) is 0 Å². The van der Waals surface area contributed by atoms with Crippen molar-refractivity contribution >= 4 is 35.7 Å². The fraction of sp³-hybridized carbons (Fsp3) is 0.478. The maximum atomic E-state index is 4.40. The van der Waals surface area contributed by atoms with Crippen molar-refractivity contribution in [2.45, 2.75) is 43.0 Å². The fourth-order valence-corrected chi connectivity index (χ4v) is 5.83. The lowest BCUT2D eigenvalue weighted by atomic mass is 10.0. The van der Waals surface area contributed by atoms with E-state index in [0.717, 1.165) is 53.5 Å². The molecule has 2 aromatic heterocycles. The predicted octanol–water partition coefficient (Wildman–Crippen LogP) is 5.24. The molecule has 1 aromatic carbocycles. The van der Waals surface area contributed by atoms with Crippen molar-refractivity contribution in [2.24, 2.45) is 13.0 Å². The number of thiol groups is 1. The molecule has 0 aliphatic heterocycles. The Hall–Kier alpha value is -1.28. The molecule has 7 heteroatoms. The summed E-state index contributed by atoms with van der Waals surface area (Å²) in [7, 11) is 2.05. The van der Waals surface area contributed by atoms with Gasteiger partial charge in [-0.3, -0.25) is 0 Å². The van der Waals surface area contributed by atoms with Crippen LogP contribution >= 0.6 is 35.7 Å². The number of aromatic nitrogens is 3. The highest BCUT2D eigenvalue weighted by Gasteiger charge is 2.21. The Morgan fingerprint density at radius 2 is 2.03 bits per heavy atom. The lowest BCUT2D eigenvalue weighted by Gasteiger charge is -2.09. The zero-order valence-corrected chi connectivity index (χ0v) is 20.0. The Morgan fingerprint density at radius 1 is 1.17 bits per heavy atom. The van der Waals surface area contributed by atoms with E-state index in [1.807, 2.05) is 7.05 Å². The van der Waals surface area contributed by atoms with Crippen molar-refractivity contribution in [3.05, 3.63) is 51.7 Å². The van der Waals surface area contributed by atoms with Gasteiger partial charge in [0.25, 0.3) is 0 Å². The highest BCUT2D eigenvalue weighted by atomic mass is 32.2. The Morgan fingerprint density at radius 3 is 2.87 bits per heavy atom. The van der Waals surface area contributed by atoms with Gasteiger partial charge in [0.15, 0.2) is 11.0 Å². The number of fused-ring (bicyclic) bond motifs is 1. The van der Waals surface area contributed by atoms with Gasteiger partial charge in [-0.25, -0.2) is 0 Å². The molecule has 0 bridgehead atoms. The maximum Gasteiger partial charge on any atom is 0.191 e. The van der Waals surface area contributed by atoms with Gasteiger partial charge in [0.05, 0.1) is 0 Å². The minimum Gasteiger partial charge on any atom is -0.317 e. The molecule has 2 heterocycles. The second-order valence-electron chi connectivity index (χ2n) is 8.01. The number of benzene rings is 1. The van der Waals surface area contributed by atoms with Crippen molar-refractivity contribution in [3.8, 4) is 11.4 Å². The van der Waals surface area contributed by atoms with E-state index >= 15 is 0 Å². The first-order valence-electron chi connectivity index (χ1n) is 10.7. The fourth-order valence-electron chi connectivity index (χ4n) is 4.15. The molecule has 0 fully saturated rings. The van der Waals surface area contributed by atoms with Gasteiger partial charge >= 0.3 is 0 Å². The maximum absolute atomic E-state index is 4.40. The Balaban J connectivity index is 1.08. The average molecular weight is 459 g/mol. The molecule has 30 heavy (non-hydrogen) atoms. The normalized spacial score (nSPS) is 15.6. The zero-order chi connectivity index (χ0) is 20.8. The van der Waals surface area contributed by atoms with Gasteiger partial charge in [0.2, 0.25) is 0 Å². The lowest BCUT2D eigenvalue weighted by Crippen LogP contribution is -2.18. The van der Waals surface area contributed by atoms with Gasteiger partial charge in [-0.2, -0.15) is 24.0 Å². The van der Waals surface area contributed by atoms with Crippen molar-refractivity contribution in [2.75, 3.05) is 18.8 Å². The highest BCUT2D eigenvalue weighted by Crippen LogP contribution is 2.30. The van der Waals surface area contributed by atoms with Gasteiger partial charge in [-0.15, -0.1) is 10.2 Å². The third kappa shape index (κ3) is 5.49. The molecule has 0 amide bonds. The molecule has 0 saturated heterocycles. The summed E-state index contributed by atoms with van der Waals surface area (Å²) in [6, 6.07) is 9.00. The number of hydrogen-bond acceptors (Lipinski definition) is 6. The van der Waals surface area contributed by atoms with Crippen LogP contribution in [0.4, 0.5) is 0 Å². The number of nitrogens with zero attached hydrogens (tertiary/aromatic N) is 3. The molecule has 160 valence electrons. The summed E-state index contributed by atoms with van der Waals surface area (Å²) in [6.07, 6.45) is 6.23. The second kappa shape index (κ2) is 10.8. The monoisotopic (exact) mass is 458 g/mol. The summed E-state index contributed by atoms with van der Waals surface area (Å²) < 4.78 is 2.10. The minimum absolute atomic E-state index is 0.820. The lowest BCUT2D eigenvalue weighted by molar-refractivity contribution is 0.478. The Kier molecular flexibility index (Phi) is 7.93. The zero-order valence-electron chi connectivity index (χ0n) is 17.5. The first kappa shape index (κ1) is 21.9. The number of thiophene rings is 1. The highest BCUT2D eigenvalue weighted by molar-refractivity contribution is 7.99. The van der Waals surface area contributed by atoms with E-state index in [0.29, 0.717) is 0 Å². The van der Waals surface area contributed by atoms with Gasteiger partial charge in [0, 0.05) is 29.5 Å². The molecular formula is C23H30N4S3. The van der Waals surface area contributed by atoms with Crippen LogP contribution in [0.3, 0.4) is 0 Å². The number of hydrogen-bond donors (Lipinski definition) is 2. The molecule has 4 nitrogen and oxygen atoms in total. The molecule has 4 rings (SSSR count). The number of thioether (sulfide) groups is 1. The standard InChI is InChI=1S/C23H30N4S3/c1-27-22(20-7-11-29-16-20)25-26-23(27)30-10-3-9-24-8-2-4-17-12-19-6-5-18(15-28)14-21(19)13-17/h5-7,11,14,16-17,24,28H,2-4,8-10,12-13,15H2,1H3. The summed E-state index contributed by atoms with van der Waals surface area (Å²) in [5, 5.41) is 17.5. The molecule has 0 spiro atoms. The van der Waals surface area contributed by atoms with Gasteiger partial charge in [-0.1, -0.05) is 30.0 Å². The van der Waals surface area contributed by atoms with E-state index in [1.165, 1.54) is 31.2 Å². The van der Waals surface area contributed by atoms with Gasteiger partial charge < -0.3 is 9.88 Å². The van der Waals surface area contributed by atoms with Crippen LogP contribution in [-0.2, 0) is 25.6 Å². The van der Waals surface area contributed by atoms with E-state index in [1.54, 1.807) is 34.2 Å². The van der Waals surface area contributed by atoms with Crippen molar-refractivity contribution < 1.29 is 0 Å². The molecule has 1 unspecified atom stereocenters. The first-order valence-corrected chi connectivity index (χ1v) is 13.3. The molecule has 1 aliphatic carbocycles. The molecule has 1 N–H and O–H groups in total. The Labute approximate surface area is 193 Å². The molecule has 1 atom stereocenters. The van der Waals surface area contributed by atoms with Crippen LogP contribution in [0.5, 0.6) is 0 Å². The van der Waals surface area contributed by atoms with Crippen molar-refractivity contribution in [1.82, 2.24) is 20.1 Å². The summed E-state index contributed by atoms with van der Waals surface area (Å²) in [5.41, 5.74) is 5.61. The smallest absolute Gasteiger partial charge is 0.191 e. The third-order valence-corrected chi connectivity index (χ3v) is 7.93. The van der Waals surface area contributed by atoms with E-state index < -0.39 is 0 Å². The molecule has 0 saturated carbocycles. The van der Waals surface area contributed by atoms with Crippen LogP contribution in [0.15, 0.2) is 40.2 Å². The van der Waals surface area contributed by atoms with Crippen molar-refractivity contribution in [1.29, 1.82) is 0 Å². The van der Waals surface area contributed by atoms with Crippen LogP contribution in [0.2, 0.25) is 0 Å². The quantitative estimate of drug-likeness (QED) is 0.234. The van der Waals surface area contributed by atoms with E-state index in [2.05, 4.69) is 67.7 Å². The Bertz CT molecular complexity index is 936. The molecule has 1 aliphatic rings. The number of nitrogens with one attached hydrogen (secondary N) is 1. The van der Waals surface area contributed by atoms with Crippen LogP contribution in [0, 0.1) is 5.92 Å². The van der Waals surface area contributed by atoms with Crippen LogP contribution in [0.25, 0.3) is 11.4 Å². The molecule has 0 radical (unpaired) electrons. The largest absolute Gasteiger partial charge is 0.317 e. The summed E-state index contributed by atoms with van der Waals surface area (Å²) in [5.74, 6) is 3.68. The molecular weight excluding hydrogens is 428 g/mol. The van der Waals surface area contributed by atoms with E-state index in [4.69, 9.17) is 0 Å². The van der Waals surface area contributed by atoms with Crippen LogP contribution < -0.4 is 5.32 Å². The SMILES string of the molecule is Cn1c(SCCCNCCCC2Cc3ccc(CS)cc3C2)nnc1-c1ccsc1. The minimum atomic E-state index is 0.820. The second-order valence-corrected chi connectivity index (χ2v) is 10.2. The van der Waals surface area contributed by atoms with Gasteiger partial charge in [0.1, 0.15) is 0 Å². The molecule has 3 aromatic rings. The first-order chi connectivity index (χ1) is 14.7. The van der Waals surface area contributed by atoms with Crippen LogP contribution in [0.1, 0.15) is 36.0 Å². The summed E-state index contributed by atoms with van der Waals surface area (Å²) >= 11 is 7.88.